The van der Waals surface area contributed by atoms with Crippen molar-refractivity contribution in [2.75, 3.05) is 38.7 Å². The Labute approximate surface area is 157 Å². The third-order valence-electron chi connectivity index (χ3n) is 3.69. The molecule has 1 N–H and O–H groups in total. The smallest absolute Gasteiger partial charge is 0.238 e. The fourth-order valence-electron chi connectivity index (χ4n) is 2.31. The van der Waals surface area contributed by atoms with Gasteiger partial charge in [-0.1, -0.05) is 35.0 Å². The summed E-state index contributed by atoms with van der Waals surface area (Å²) in [6.45, 7) is 4.29. The maximum absolute atomic E-state index is 12.3. The van der Waals surface area contributed by atoms with E-state index >= 15 is 0 Å². The number of benzene rings is 2. The van der Waals surface area contributed by atoms with Gasteiger partial charge in [-0.2, -0.15) is 0 Å². The molecule has 0 aliphatic rings. The molecule has 0 bridgehead atoms. The van der Waals surface area contributed by atoms with Crippen LogP contribution in [0.25, 0.3) is 0 Å². The summed E-state index contributed by atoms with van der Waals surface area (Å²) in [5, 5.41) is 2.89. The van der Waals surface area contributed by atoms with Crippen molar-refractivity contribution in [2.45, 2.75) is 6.92 Å². The number of amides is 1. The number of methoxy groups -OCH3 is 1. The summed E-state index contributed by atoms with van der Waals surface area (Å²) in [7, 11) is 1.59. The minimum absolute atomic E-state index is 0.0741. The van der Waals surface area contributed by atoms with E-state index in [2.05, 4.69) is 21.2 Å². The van der Waals surface area contributed by atoms with E-state index in [1.165, 1.54) is 0 Å². The number of para-hydroxylation sites is 2. The van der Waals surface area contributed by atoms with Gasteiger partial charge in [-0.05, 0) is 42.9 Å². The number of hydrogen-bond donors (Lipinski definition) is 1. The van der Waals surface area contributed by atoms with Crippen LogP contribution in [0.1, 0.15) is 6.92 Å². The number of nitrogens with one attached hydrogen (secondary N) is 1. The molecule has 2 aromatic carbocycles. The second-order valence-electron chi connectivity index (χ2n) is 5.42. The molecule has 0 saturated carbocycles. The number of ether oxygens (including phenoxy) is 2. The Morgan fingerprint density at radius 1 is 1.16 bits per heavy atom. The Kier molecular flexibility index (Phi) is 7.76. The Balaban J connectivity index is 1.80. The molecule has 0 radical (unpaired) electrons. The number of carbonyl (C=O) groups excluding carboxylic acids is 1. The van der Waals surface area contributed by atoms with Crippen LogP contribution in [0, 0.1) is 0 Å². The van der Waals surface area contributed by atoms with Gasteiger partial charge in [0.05, 0.1) is 19.3 Å². The zero-order chi connectivity index (χ0) is 18.1. The van der Waals surface area contributed by atoms with Crippen molar-refractivity contribution in [3.8, 4) is 11.5 Å². The van der Waals surface area contributed by atoms with Crippen molar-refractivity contribution >= 4 is 27.5 Å². The predicted octanol–water partition coefficient (Wildman–Crippen LogP) is 3.80. The van der Waals surface area contributed by atoms with Gasteiger partial charge in [0.15, 0.2) is 0 Å². The summed E-state index contributed by atoms with van der Waals surface area (Å²) in [5.74, 6) is 1.39. The van der Waals surface area contributed by atoms with Crippen LogP contribution in [-0.4, -0.2) is 44.2 Å². The summed E-state index contributed by atoms with van der Waals surface area (Å²) in [6.07, 6.45) is 0. The first kappa shape index (κ1) is 19.3. The van der Waals surface area contributed by atoms with E-state index in [4.69, 9.17) is 9.47 Å². The first-order valence-corrected chi connectivity index (χ1v) is 8.95. The zero-order valence-corrected chi connectivity index (χ0v) is 16.1. The molecule has 2 aromatic rings. The number of carbonyl (C=O) groups is 1. The predicted molar refractivity (Wildman–Crippen MR) is 103 cm³/mol. The van der Waals surface area contributed by atoms with Gasteiger partial charge >= 0.3 is 0 Å². The zero-order valence-electron chi connectivity index (χ0n) is 14.5. The quantitative estimate of drug-likeness (QED) is 0.687. The summed E-state index contributed by atoms with van der Waals surface area (Å²) in [6, 6.07) is 15.1. The third kappa shape index (κ3) is 6.40. The standard InChI is InChI=1S/C19H23BrN2O3/c1-3-22(12-13-25-16-10-8-15(20)9-11-16)14-19(23)21-17-6-4-5-7-18(17)24-2/h4-11H,3,12-14H2,1-2H3,(H,21,23). The van der Waals surface area contributed by atoms with Gasteiger partial charge in [0.2, 0.25) is 5.91 Å². The maximum atomic E-state index is 12.3. The number of rotatable bonds is 9. The van der Waals surface area contributed by atoms with Crippen LogP contribution >= 0.6 is 15.9 Å². The Bertz CT molecular complexity index is 677. The van der Waals surface area contributed by atoms with Crippen LogP contribution in [0.2, 0.25) is 0 Å². The fourth-order valence-corrected chi connectivity index (χ4v) is 2.58. The van der Waals surface area contributed by atoms with E-state index in [-0.39, 0.29) is 5.91 Å². The van der Waals surface area contributed by atoms with Crippen LogP contribution in [0.4, 0.5) is 5.69 Å². The molecule has 2 rings (SSSR count). The van der Waals surface area contributed by atoms with Crippen molar-refractivity contribution in [1.29, 1.82) is 0 Å². The van der Waals surface area contributed by atoms with Gasteiger partial charge in [0.1, 0.15) is 18.1 Å². The largest absolute Gasteiger partial charge is 0.495 e. The topological polar surface area (TPSA) is 50.8 Å². The molecule has 0 heterocycles. The minimum Gasteiger partial charge on any atom is -0.495 e. The third-order valence-corrected chi connectivity index (χ3v) is 4.21. The van der Waals surface area contributed by atoms with Crippen molar-refractivity contribution in [3.63, 3.8) is 0 Å². The first-order valence-electron chi connectivity index (χ1n) is 8.16. The summed E-state index contributed by atoms with van der Waals surface area (Å²) < 4.78 is 12.0. The lowest BCUT2D eigenvalue weighted by atomic mass is 10.3. The SMILES string of the molecule is CCN(CCOc1ccc(Br)cc1)CC(=O)Nc1ccccc1OC. The van der Waals surface area contributed by atoms with Crippen LogP contribution in [0.5, 0.6) is 11.5 Å². The molecule has 0 aliphatic carbocycles. The van der Waals surface area contributed by atoms with E-state index in [1.807, 2.05) is 60.4 Å². The molecule has 134 valence electrons. The minimum atomic E-state index is -0.0741. The lowest BCUT2D eigenvalue weighted by Gasteiger charge is -2.20. The normalized spacial score (nSPS) is 10.6. The lowest BCUT2D eigenvalue weighted by Crippen LogP contribution is -2.36. The van der Waals surface area contributed by atoms with Crippen molar-refractivity contribution in [3.05, 3.63) is 53.0 Å². The van der Waals surface area contributed by atoms with E-state index in [9.17, 15) is 4.79 Å². The second-order valence-corrected chi connectivity index (χ2v) is 6.34. The number of likely N-dealkylation sites (N-methyl/N-ethyl adjacent to an activating group) is 1. The van der Waals surface area contributed by atoms with E-state index in [0.29, 0.717) is 31.1 Å². The summed E-state index contributed by atoms with van der Waals surface area (Å²) in [5.41, 5.74) is 0.678. The van der Waals surface area contributed by atoms with Gasteiger partial charge in [-0.3, -0.25) is 9.69 Å². The van der Waals surface area contributed by atoms with Crippen LogP contribution in [0.3, 0.4) is 0 Å². The Morgan fingerprint density at radius 2 is 1.88 bits per heavy atom. The van der Waals surface area contributed by atoms with E-state index in [0.717, 1.165) is 16.8 Å². The first-order chi connectivity index (χ1) is 12.1. The molecule has 0 aliphatic heterocycles. The summed E-state index contributed by atoms with van der Waals surface area (Å²) >= 11 is 3.40. The van der Waals surface area contributed by atoms with Crippen molar-refractivity contribution in [2.24, 2.45) is 0 Å². The highest BCUT2D eigenvalue weighted by Gasteiger charge is 2.11. The lowest BCUT2D eigenvalue weighted by molar-refractivity contribution is -0.117. The average molecular weight is 407 g/mol. The molecule has 0 aromatic heterocycles. The van der Waals surface area contributed by atoms with Gasteiger partial charge < -0.3 is 14.8 Å². The maximum Gasteiger partial charge on any atom is 0.238 e. The molecular weight excluding hydrogens is 384 g/mol. The Hall–Kier alpha value is -2.05. The molecule has 0 unspecified atom stereocenters. The van der Waals surface area contributed by atoms with Gasteiger partial charge in [-0.15, -0.1) is 0 Å². The van der Waals surface area contributed by atoms with Gasteiger partial charge in [-0.25, -0.2) is 0 Å². The van der Waals surface area contributed by atoms with Crippen molar-refractivity contribution < 1.29 is 14.3 Å². The highest BCUT2D eigenvalue weighted by molar-refractivity contribution is 9.10. The molecule has 1 amide bonds. The highest BCUT2D eigenvalue weighted by atomic mass is 79.9. The van der Waals surface area contributed by atoms with Crippen LogP contribution in [-0.2, 0) is 4.79 Å². The number of hydrogen-bond acceptors (Lipinski definition) is 4. The van der Waals surface area contributed by atoms with Gasteiger partial charge in [0.25, 0.3) is 0 Å². The Morgan fingerprint density at radius 3 is 2.56 bits per heavy atom. The van der Waals surface area contributed by atoms with Crippen LogP contribution < -0.4 is 14.8 Å². The van der Waals surface area contributed by atoms with Gasteiger partial charge in [0, 0.05) is 11.0 Å². The molecule has 0 spiro atoms. The monoisotopic (exact) mass is 406 g/mol. The molecule has 0 atom stereocenters. The van der Waals surface area contributed by atoms with Crippen molar-refractivity contribution in [1.82, 2.24) is 4.90 Å². The molecule has 5 nitrogen and oxygen atoms in total. The molecule has 0 saturated heterocycles. The molecule has 0 fully saturated rings. The fraction of sp³-hybridized carbons (Fsp3) is 0.316. The average Bonchev–Trinajstić information content (AvgIpc) is 2.63. The molecule has 25 heavy (non-hydrogen) atoms. The second kappa shape index (κ2) is 10.1. The number of halogens is 1. The highest BCUT2D eigenvalue weighted by Crippen LogP contribution is 2.22. The number of nitrogens with zero attached hydrogens (tertiary/aromatic N) is 1. The van der Waals surface area contributed by atoms with Crippen LogP contribution in [0.15, 0.2) is 53.0 Å². The van der Waals surface area contributed by atoms with E-state index in [1.54, 1.807) is 7.11 Å². The van der Waals surface area contributed by atoms with E-state index < -0.39 is 0 Å². The number of anilines is 1. The molecular formula is C19H23BrN2O3. The molecule has 6 heteroatoms. The summed E-state index contributed by atoms with van der Waals surface area (Å²) in [4.78, 5) is 14.3.